The zero-order valence-corrected chi connectivity index (χ0v) is 13.0. The minimum atomic E-state index is 0.530. The lowest BCUT2D eigenvalue weighted by atomic mass is 10.00. The van der Waals surface area contributed by atoms with E-state index < -0.39 is 0 Å². The second kappa shape index (κ2) is 4.90. The predicted octanol–water partition coefficient (Wildman–Crippen LogP) is 3.84. The summed E-state index contributed by atoms with van der Waals surface area (Å²) in [5.41, 5.74) is 11.2. The molecule has 0 bridgehead atoms. The largest absolute Gasteiger partial charge is 0.383 e. The Balaban J connectivity index is 2.22. The highest BCUT2D eigenvalue weighted by Gasteiger charge is 2.12. The van der Waals surface area contributed by atoms with Crippen LogP contribution in [0.5, 0.6) is 0 Å². The van der Waals surface area contributed by atoms with Gasteiger partial charge in [0.25, 0.3) is 0 Å². The summed E-state index contributed by atoms with van der Waals surface area (Å²) in [7, 11) is 0. The van der Waals surface area contributed by atoms with Crippen LogP contribution in [0.15, 0.2) is 28.9 Å². The van der Waals surface area contributed by atoms with Crippen molar-refractivity contribution >= 4 is 32.8 Å². The van der Waals surface area contributed by atoms with Crippen molar-refractivity contribution in [2.75, 3.05) is 5.73 Å². The van der Waals surface area contributed by atoms with Gasteiger partial charge >= 0.3 is 0 Å². The molecule has 0 unspecified atom stereocenters. The van der Waals surface area contributed by atoms with Gasteiger partial charge in [0.15, 0.2) is 0 Å². The number of nitrogens with one attached hydrogen (secondary N) is 1. The molecule has 2 heterocycles. The first-order valence-electron chi connectivity index (χ1n) is 6.49. The third-order valence-electron chi connectivity index (χ3n) is 3.41. The Kier molecular flexibility index (Phi) is 3.22. The van der Waals surface area contributed by atoms with Crippen molar-refractivity contribution in [3.8, 4) is 11.1 Å². The summed E-state index contributed by atoms with van der Waals surface area (Å²) in [6, 6.07) is 6.21. The number of nitrogens with two attached hydrogens (primary N) is 1. The quantitative estimate of drug-likeness (QED) is 0.750. The first kappa shape index (κ1) is 13.1. The first-order chi connectivity index (χ1) is 9.60. The number of H-pyrrole nitrogens is 1. The van der Waals surface area contributed by atoms with Crippen LogP contribution in [0.4, 0.5) is 5.82 Å². The maximum Gasteiger partial charge on any atom is 0.137 e. The number of halogens is 1. The van der Waals surface area contributed by atoms with Crippen LogP contribution in [-0.2, 0) is 6.42 Å². The molecular formula is C15H15BrN4. The Hall–Kier alpha value is -1.88. The van der Waals surface area contributed by atoms with Crippen molar-refractivity contribution in [3.63, 3.8) is 0 Å². The fourth-order valence-corrected chi connectivity index (χ4v) is 3.03. The molecule has 0 radical (unpaired) electrons. The van der Waals surface area contributed by atoms with E-state index in [1.54, 1.807) is 0 Å². The summed E-state index contributed by atoms with van der Waals surface area (Å²) in [5.74, 6) is 1.45. The number of aryl methyl sites for hydroxylation is 1. The van der Waals surface area contributed by atoms with Crippen LogP contribution < -0.4 is 5.73 Å². The van der Waals surface area contributed by atoms with E-state index >= 15 is 0 Å². The maximum absolute atomic E-state index is 5.86. The molecule has 0 aliphatic carbocycles. The Morgan fingerprint density at radius 2 is 2.15 bits per heavy atom. The monoisotopic (exact) mass is 330 g/mol. The van der Waals surface area contributed by atoms with Gasteiger partial charge in [-0.25, -0.2) is 9.97 Å². The minimum absolute atomic E-state index is 0.530. The van der Waals surface area contributed by atoms with E-state index in [9.17, 15) is 0 Å². The number of anilines is 1. The van der Waals surface area contributed by atoms with Gasteiger partial charge in [0.05, 0.1) is 15.5 Å². The molecule has 3 N–H and O–H groups in total. The van der Waals surface area contributed by atoms with Gasteiger partial charge in [-0.2, -0.15) is 0 Å². The number of benzene rings is 1. The number of nitrogens with zero attached hydrogens (tertiary/aromatic N) is 2. The minimum Gasteiger partial charge on any atom is -0.383 e. The van der Waals surface area contributed by atoms with E-state index in [1.165, 1.54) is 5.56 Å². The summed E-state index contributed by atoms with van der Waals surface area (Å²) in [4.78, 5) is 12.0. The van der Waals surface area contributed by atoms with Gasteiger partial charge in [0.2, 0.25) is 0 Å². The molecule has 20 heavy (non-hydrogen) atoms. The van der Waals surface area contributed by atoms with Crippen molar-refractivity contribution < 1.29 is 0 Å². The van der Waals surface area contributed by atoms with E-state index in [0.717, 1.165) is 38.9 Å². The smallest absolute Gasteiger partial charge is 0.137 e. The summed E-state index contributed by atoms with van der Waals surface area (Å²) < 4.78 is 0.885. The standard InChI is InChI=1S/C15H15BrN4/c1-3-10-11(7-18-15(17)14(10)16)9-4-5-12-13(6-9)20-8(2)19-12/h4-7H,3H2,1-2H3,(H2,17,18)(H,19,20). The van der Waals surface area contributed by atoms with Crippen molar-refractivity contribution in [1.29, 1.82) is 0 Å². The van der Waals surface area contributed by atoms with Gasteiger partial charge in [0, 0.05) is 11.8 Å². The summed E-state index contributed by atoms with van der Waals surface area (Å²) in [6.07, 6.45) is 2.72. The molecule has 102 valence electrons. The zero-order chi connectivity index (χ0) is 14.3. The summed E-state index contributed by atoms with van der Waals surface area (Å²) in [6.45, 7) is 4.07. The van der Waals surface area contributed by atoms with Crippen LogP contribution in [-0.4, -0.2) is 15.0 Å². The maximum atomic E-state index is 5.86. The average Bonchev–Trinajstić information content (AvgIpc) is 2.80. The molecule has 0 fully saturated rings. The molecule has 0 atom stereocenters. The van der Waals surface area contributed by atoms with Gasteiger partial charge in [-0.05, 0) is 52.5 Å². The number of aromatic nitrogens is 3. The van der Waals surface area contributed by atoms with Crippen LogP contribution >= 0.6 is 15.9 Å². The van der Waals surface area contributed by atoms with Crippen LogP contribution in [0.2, 0.25) is 0 Å². The van der Waals surface area contributed by atoms with Crippen LogP contribution in [0.1, 0.15) is 18.3 Å². The average molecular weight is 331 g/mol. The fourth-order valence-electron chi connectivity index (χ4n) is 2.44. The van der Waals surface area contributed by atoms with Gasteiger partial charge in [-0.1, -0.05) is 13.0 Å². The normalized spacial score (nSPS) is 11.2. The number of imidazole rings is 1. The lowest BCUT2D eigenvalue weighted by Gasteiger charge is -2.11. The van der Waals surface area contributed by atoms with Crippen LogP contribution in [0, 0.1) is 6.92 Å². The summed E-state index contributed by atoms with van der Waals surface area (Å²) >= 11 is 3.53. The van der Waals surface area contributed by atoms with Crippen molar-refractivity contribution in [2.24, 2.45) is 0 Å². The molecule has 0 saturated heterocycles. The van der Waals surface area contributed by atoms with Crippen molar-refractivity contribution in [1.82, 2.24) is 15.0 Å². The Labute approximate surface area is 125 Å². The molecule has 0 spiro atoms. The molecule has 3 aromatic rings. The Morgan fingerprint density at radius 1 is 1.35 bits per heavy atom. The van der Waals surface area contributed by atoms with E-state index in [2.05, 4.69) is 49.9 Å². The lowest BCUT2D eigenvalue weighted by molar-refractivity contribution is 1.11. The number of rotatable bonds is 2. The van der Waals surface area contributed by atoms with Gasteiger partial charge < -0.3 is 10.7 Å². The van der Waals surface area contributed by atoms with Gasteiger partial charge in [-0.3, -0.25) is 0 Å². The van der Waals surface area contributed by atoms with Crippen molar-refractivity contribution in [3.05, 3.63) is 40.3 Å². The zero-order valence-electron chi connectivity index (χ0n) is 11.4. The van der Waals surface area contributed by atoms with E-state index in [-0.39, 0.29) is 0 Å². The van der Waals surface area contributed by atoms with E-state index in [1.807, 2.05) is 19.2 Å². The number of nitrogen functional groups attached to an aromatic ring is 1. The molecule has 0 amide bonds. The van der Waals surface area contributed by atoms with E-state index in [4.69, 9.17) is 5.73 Å². The third kappa shape index (κ3) is 2.08. The number of pyridine rings is 1. The van der Waals surface area contributed by atoms with Gasteiger partial charge in [0.1, 0.15) is 11.6 Å². The molecule has 4 nitrogen and oxygen atoms in total. The molecule has 0 aliphatic rings. The molecule has 5 heteroatoms. The number of fused-ring (bicyclic) bond motifs is 1. The second-order valence-corrected chi connectivity index (χ2v) is 5.55. The van der Waals surface area contributed by atoms with E-state index in [0.29, 0.717) is 5.82 Å². The first-order valence-corrected chi connectivity index (χ1v) is 7.29. The highest BCUT2D eigenvalue weighted by atomic mass is 79.9. The molecule has 0 saturated carbocycles. The fraction of sp³-hybridized carbons (Fsp3) is 0.200. The van der Waals surface area contributed by atoms with Crippen LogP contribution in [0.25, 0.3) is 22.2 Å². The molecule has 3 rings (SSSR count). The third-order valence-corrected chi connectivity index (χ3v) is 4.30. The highest BCUT2D eigenvalue weighted by molar-refractivity contribution is 9.10. The topological polar surface area (TPSA) is 67.6 Å². The molecule has 1 aromatic carbocycles. The lowest BCUT2D eigenvalue weighted by Crippen LogP contribution is -1.98. The Morgan fingerprint density at radius 3 is 2.90 bits per heavy atom. The van der Waals surface area contributed by atoms with Crippen molar-refractivity contribution in [2.45, 2.75) is 20.3 Å². The van der Waals surface area contributed by atoms with Gasteiger partial charge in [-0.15, -0.1) is 0 Å². The number of hydrogen-bond acceptors (Lipinski definition) is 3. The highest BCUT2D eigenvalue weighted by Crippen LogP contribution is 2.33. The Bertz CT molecular complexity index is 792. The van der Waals surface area contributed by atoms with Crippen LogP contribution in [0.3, 0.4) is 0 Å². The summed E-state index contributed by atoms with van der Waals surface area (Å²) in [5, 5.41) is 0. The molecule has 2 aromatic heterocycles. The molecular weight excluding hydrogens is 316 g/mol. The number of aromatic amines is 1. The SMILES string of the molecule is CCc1c(-c2ccc3[nH]c(C)nc3c2)cnc(N)c1Br. The number of hydrogen-bond donors (Lipinski definition) is 2. The second-order valence-electron chi connectivity index (χ2n) is 4.76. The predicted molar refractivity (Wildman–Crippen MR) is 85.6 cm³/mol. The molecule has 0 aliphatic heterocycles.